The van der Waals surface area contributed by atoms with Gasteiger partial charge in [0.25, 0.3) is 0 Å². The van der Waals surface area contributed by atoms with Gasteiger partial charge in [-0.3, -0.25) is 10.4 Å². The molecular formula is C11H14N4S. The third-order valence-electron chi connectivity index (χ3n) is 1.77. The van der Waals surface area contributed by atoms with Crippen molar-refractivity contribution in [2.24, 2.45) is 5.10 Å². The molecule has 84 valence electrons. The van der Waals surface area contributed by atoms with Crippen molar-refractivity contribution in [3.05, 3.63) is 42.7 Å². The zero-order chi connectivity index (χ0) is 11.8. The first kappa shape index (κ1) is 12.3. The average molecular weight is 234 g/mol. The summed E-state index contributed by atoms with van der Waals surface area (Å²) in [6.45, 7) is 6.06. The highest BCUT2D eigenvalue weighted by Gasteiger charge is 1.97. The first-order valence-electron chi connectivity index (χ1n) is 4.84. The highest BCUT2D eigenvalue weighted by molar-refractivity contribution is 7.80. The smallest absolute Gasteiger partial charge is 0.187 e. The largest absolute Gasteiger partial charge is 0.358 e. The van der Waals surface area contributed by atoms with Crippen LogP contribution in [0.3, 0.4) is 0 Å². The van der Waals surface area contributed by atoms with Gasteiger partial charge in [-0.1, -0.05) is 12.1 Å². The predicted octanol–water partition coefficient (Wildman–Crippen LogP) is 1.46. The molecule has 5 heteroatoms. The molecule has 2 N–H and O–H groups in total. The van der Waals surface area contributed by atoms with Crippen molar-refractivity contribution < 1.29 is 0 Å². The molecule has 0 amide bonds. The SMILES string of the molecule is C=CCNC(=S)NN=C(C)c1ccccn1. The second kappa shape index (κ2) is 6.68. The second-order valence-electron chi connectivity index (χ2n) is 3.02. The van der Waals surface area contributed by atoms with Crippen LogP contribution in [-0.2, 0) is 0 Å². The van der Waals surface area contributed by atoms with E-state index in [-0.39, 0.29) is 0 Å². The molecule has 0 aliphatic rings. The van der Waals surface area contributed by atoms with E-state index in [0.717, 1.165) is 11.4 Å². The van der Waals surface area contributed by atoms with E-state index in [0.29, 0.717) is 11.7 Å². The van der Waals surface area contributed by atoms with Crippen LogP contribution < -0.4 is 10.7 Å². The molecule has 0 aromatic carbocycles. The third-order valence-corrected chi connectivity index (χ3v) is 2.00. The second-order valence-corrected chi connectivity index (χ2v) is 3.43. The lowest BCUT2D eigenvalue weighted by Crippen LogP contribution is -2.32. The molecule has 0 saturated heterocycles. The summed E-state index contributed by atoms with van der Waals surface area (Å²) < 4.78 is 0. The van der Waals surface area contributed by atoms with Gasteiger partial charge < -0.3 is 5.32 Å². The van der Waals surface area contributed by atoms with Gasteiger partial charge in [-0.05, 0) is 31.3 Å². The molecule has 1 heterocycles. The molecule has 0 spiro atoms. The fourth-order valence-electron chi connectivity index (χ4n) is 0.973. The number of nitrogens with one attached hydrogen (secondary N) is 2. The molecule has 1 aromatic heterocycles. The number of hydrazone groups is 1. The summed E-state index contributed by atoms with van der Waals surface area (Å²) in [7, 11) is 0. The first-order valence-corrected chi connectivity index (χ1v) is 5.25. The van der Waals surface area contributed by atoms with Crippen molar-refractivity contribution in [3.8, 4) is 0 Å². The monoisotopic (exact) mass is 234 g/mol. The van der Waals surface area contributed by atoms with Crippen LogP contribution in [0.5, 0.6) is 0 Å². The number of hydrogen-bond donors (Lipinski definition) is 2. The van der Waals surface area contributed by atoms with Crippen molar-refractivity contribution in [1.29, 1.82) is 0 Å². The summed E-state index contributed by atoms with van der Waals surface area (Å²) in [6.07, 6.45) is 3.45. The Kier molecular flexibility index (Phi) is 5.15. The summed E-state index contributed by atoms with van der Waals surface area (Å²) in [5.41, 5.74) is 4.34. The Balaban J connectivity index is 2.51. The lowest BCUT2D eigenvalue weighted by molar-refractivity contribution is 0.935. The van der Waals surface area contributed by atoms with Crippen LogP contribution >= 0.6 is 12.2 Å². The third kappa shape index (κ3) is 4.18. The summed E-state index contributed by atoms with van der Waals surface area (Å²) in [5.74, 6) is 0. The minimum Gasteiger partial charge on any atom is -0.358 e. The Hall–Kier alpha value is -1.75. The van der Waals surface area contributed by atoms with Gasteiger partial charge in [0, 0.05) is 12.7 Å². The first-order chi connectivity index (χ1) is 7.74. The van der Waals surface area contributed by atoms with Gasteiger partial charge in [-0.25, -0.2) is 0 Å². The summed E-state index contributed by atoms with van der Waals surface area (Å²) in [6, 6.07) is 5.66. The number of hydrogen-bond acceptors (Lipinski definition) is 3. The molecule has 0 aliphatic heterocycles. The summed E-state index contributed by atoms with van der Waals surface area (Å²) >= 11 is 4.99. The Morgan fingerprint density at radius 3 is 3.06 bits per heavy atom. The fourth-order valence-corrected chi connectivity index (χ4v) is 1.10. The van der Waals surface area contributed by atoms with Gasteiger partial charge in [-0.2, -0.15) is 5.10 Å². The number of pyridine rings is 1. The summed E-state index contributed by atoms with van der Waals surface area (Å²) in [4.78, 5) is 4.17. The van der Waals surface area contributed by atoms with Crippen LogP contribution in [0.1, 0.15) is 12.6 Å². The van der Waals surface area contributed by atoms with E-state index in [1.165, 1.54) is 0 Å². The van der Waals surface area contributed by atoms with E-state index in [1.54, 1.807) is 12.3 Å². The average Bonchev–Trinajstić information content (AvgIpc) is 2.34. The van der Waals surface area contributed by atoms with Gasteiger partial charge >= 0.3 is 0 Å². The Morgan fingerprint density at radius 2 is 2.44 bits per heavy atom. The lowest BCUT2D eigenvalue weighted by atomic mass is 10.3. The van der Waals surface area contributed by atoms with Crippen LogP contribution in [0.2, 0.25) is 0 Å². The minimum atomic E-state index is 0.468. The van der Waals surface area contributed by atoms with Crippen LogP contribution in [0.15, 0.2) is 42.2 Å². The van der Waals surface area contributed by atoms with Gasteiger partial charge in [0.1, 0.15) is 0 Å². The van der Waals surface area contributed by atoms with E-state index < -0.39 is 0 Å². The number of aromatic nitrogens is 1. The normalized spacial score (nSPS) is 10.7. The Morgan fingerprint density at radius 1 is 1.62 bits per heavy atom. The van der Waals surface area contributed by atoms with E-state index in [2.05, 4.69) is 27.4 Å². The highest BCUT2D eigenvalue weighted by Crippen LogP contribution is 1.94. The Labute approximate surface area is 100 Å². The maximum Gasteiger partial charge on any atom is 0.187 e. The van der Waals surface area contributed by atoms with Crippen molar-refractivity contribution in [1.82, 2.24) is 15.7 Å². The number of rotatable bonds is 4. The van der Waals surface area contributed by atoms with Crippen LogP contribution in [-0.4, -0.2) is 22.4 Å². The van der Waals surface area contributed by atoms with Crippen molar-refractivity contribution >= 4 is 23.0 Å². The molecule has 1 aromatic rings. The predicted molar refractivity (Wildman–Crippen MR) is 70.4 cm³/mol. The van der Waals surface area contributed by atoms with Gasteiger partial charge in [0.05, 0.1) is 11.4 Å². The van der Waals surface area contributed by atoms with Crippen LogP contribution in [0, 0.1) is 0 Å². The molecule has 0 radical (unpaired) electrons. The zero-order valence-corrected chi connectivity index (χ0v) is 9.92. The minimum absolute atomic E-state index is 0.468. The fraction of sp³-hybridized carbons (Fsp3) is 0.182. The van der Waals surface area contributed by atoms with Gasteiger partial charge in [-0.15, -0.1) is 6.58 Å². The molecule has 0 atom stereocenters. The number of nitrogens with zero attached hydrogens (tertiary/aromatic N) is 2. The molecule has 4 nitrogen and oxygen atoms in total. The molecule has 0 unspecified atom stereocenters. The van der Waals surface area contributed by atoms with E-state index in [4.69, 9.17) is 12.2 Å². The van der Waals surface area contributed by atoms with Gasteiger partial charge in [0.2, 0.25) is 0 Å². The van der Waals surface area contributed by atoms with E-state index in [9.17, 15) is 0 Å². The van der Waals surface area contributed by atoms with Crippen molar-refractivity contribution in [2.45, 2.75) is 6.92 Å². The maximum absolute atomic E-state index is 4.99. The van der Waals surface area contributed by atoms with Crippen molar-refractivity contribution in [2.75, 3.05) is 6.54 Å². The quantitative estimate of drug-likeness (QED) is 0.358. The standard InChI is InChI=1S/C11H14N4S/c1-3-7-13-11(16)15-14-9(2)10-6-4-5-8-12-10/h3-6,8H,1,7H2,2H3,(H2,13,15,16). The Bertz CT molecular complexity index is 386. The summed E-state index contributed by atoms with van der Waals surface area (Å²) in [5, 5.41) is 7.50. The maximum atomic E-state index is 4.99. The van der Waals surface area contributed by atoms with Gasteiger partial charge in [0.15, 0.2) is 5.11 Å². The van der Waals surface area contributed by atoms with E-state index >= 15 is 0 Å². The molecule has 0 saturated carbocycles. The molecule has 1 rings (SSSR count). The van der Waals surface area contributed by atoms with E-state index in [1.807, 2.05) is 25.1 Å². The number of thiocarbonyl (C=S) groups is 1. The lowest BCUT2D eigenvalue weighted by Gasteiger charge is -2.05. The van der Waals surface area contributed by atoms with Crippen LogP contribution in [0.4, 0.5) is 0 Å². The molecule has 0 bridgehead atoms. The molecule has 0 aliphatic carbocycles. The van der Waals surface area contributed by atoms with Crippen LogP contribution in [0.25, 0.3) is 0 Å². The molecular weight excluding hydrogens is 220 g/mol. The zero-order valence-electron chi connectivity index (χ0n) is 9.10. The molecule has 16 heavy (non-hydrogen) atoms. The topological polar surface area (TPSA) is 49.3 Å². The van der Waals surface area contributed by atoms with Crippen molar-refractivity contribution in [3.63, 3.8) is 0 Å². The molecule has 0 fully saturated rings. The highest BCUT2D eigenvalue weighted by atomic mass is 32.1.